The van der Waals surface area contributed by atoms with Crippen molar-refractivity contribution in [2.75, 3.05) is 0 Å². The van der Waals surface area contributed by atoms with Gasteiger partial charge in [0, 0.05) is 4.90 Å². The number of ether oxygens (including phenoxy) is 1. The van der Waals surface area contributed by atoms with E-state index < -0.39 is 23.3 Å². The van der Waals surface area contributed by atoms with E-state index in [1.807, 2.05) is 13.8 Å². The van der Waals surface area contributed by atoms with Crippen molar-refractivity contribution >= 4 is 24.0 Å². The summed E-state index contributed by atoms with van der Waals surface area (Å²) in [5, 5.41) is 6.55. The topological polar surface area (TPSA) is 46.5 Å². The Balaban J connectivity index is 2.50. The lowest BCUT2D eigenvalue weighted by Crippen LogP contribution is -2.31. The Hall–Kier alpha value is -1.63. The third kappa shape index (κ3) is 2.92. The van der Waals surface area contributed by atoms with Gasteiger partial charge in [-0.05, 0) is 42.7 Å². The molecule has 108 valence electrons. The molecule has 7 heteroatoms. The van der Waals surface area contributed by atoms with Crippen molar-refractivity contribution in [3.63, 3.8) is 0 Å². The summed E-state index contributed by atoms with van der Waals surface area (Å²) in [6.07, 6.45) is -5.19. The predicted octanol–water partition coefficient (Wildman–Crippen LogP) is 4.38. The lowest BCUT2D eigenvalue weighted by Gasteiger charge is -2.26. The van der Waals surface area contributed by atoms with Crippen LogP contribution in [0.25, 0.3) is 6.08 Å². The first-order valence-corrected chi connectivity index (χ1v) is 6.53. The molecular formula is C13H11F3O3S. The normalized spacial score (nSPS) is 18.2. The van der Waals surface area contributed by atoms with Crippen molar-refractivity contribution < 1.29 is 27.8 Å². The maximum Gasteiger partial charge on any atom is 0.511 e. The van der Waals surface area contributed by atoms with Crippen LogP contribution >= 0.6 is 11.8 Å². The molecule has 2 rings (SSSR count). The van der Waals surface area contributed by atoms with Crippen LogP contribution in [0.3, 0.4) is 0 Å². The first-order chi connectivity index (χ1) is 9.18. The zero-order valence-electron chi connectivity index (χ0n) is 10.6. The average molecular weight is 304 g/mol. The molecule has 0 aliphatic carbocycles. The number of thioether (sulfide) groups is 1. The monoisotopic (exact) mass is 304 g/mol. The van der Waals surface area contributed by atoms with Crippen molar-refractivity contribution in [2.45, 2.75) is 30.2 Å². The molecule has 0 bridgehead atoms. The number of carboxylic acid groups (broad SMARTS) is 1. The van der Waals surface area contributed by atoms with E-state index in [1.165, 1.54) is 0 Å². The molecule has 3 nitrogen and oxygen atoms in total. The molecule has 0 amide bonds. The zero-order valence-corrected chi connectivity index (χ0v) is 11.4. The Morgan fingerprint density at radius 1 is 1.30 bits per heavy atom. The molecule has 0 saturated heterocycles. The van der Waals surface area contributed by atoms with Crippen molar-refractivity contribution in [1.82, 2.24) is 0 Å². The fourth-order valence-corrected chi connectivity index (χ4v) is 2.97. The minimum absolute atomic E-state index is 0.466. The fraction of sp³-hybridized carbons (Fsp3) is 0.308. The van der Waals surface area contributed by atoms with Gasteiger partial charge in [0.15, 0.2) is 5.25 Å². The van der Waals surface area contributed by atoms with Crippen molar-refractivity contribution in [1.29, 1.82) is 0 Å². The number of alkyl halides is 3. The van der Waals surface area contributed by atoms with Gasteiger partial charge < -0.3 is 9.84 Å². The Bertz CT molecular complexity index is 593. The second-order valence-electron chi connectivity index (χ2n) is 4.43. The molecule has 1 N–H and O–H groups in total. The van der Waals surface area contributed by atoms with Crippen LogP contribution in [-0.2, 0) is 4.74 Å². The zero-order chi connectivity index (χ0) is 15.1. The molecule has 1 aromatic rings. The summed E-state index contributed by atoms with van der Waals surface area (Å²) in [6.45, 7) is 3.65. The summed E-state index contributed by atoms with van der Waals surface area (Å²) < 4.78 is 43.2. The molecule has 0 fully saturated rings. The van der Waals surface area contributed by atoms with Crippen LogP contribution < -0.4 is 0 Å². The van der Waals surface area contributed by atoms with Gasteiger partial charge in [0.05, 0.1) is 0 Å². The van der Waals surface area contributed by atoms with Crippen LogP contribution in [0.2, 0.25) is 0 Å². The van der Waals surface area contributed by atoms with Crippen LogP contribution in [-0.4, -0.2) is 22.7 Å². The molecule has 0 saturated carbocycles. The minimum atomic E-state index is -4.58. The van der Waals surface area contributed by atoms with Gasteiger partial charge in [-0.25, -0.2) is 4.79 Å². The van der Waals surface area contributed by atoms with Crippen LogP contribution in [0.15, 0.2) is 22.8 Å². The van der Waals surface area contributed by atoms with Gasteiger partial charge in [-0.3, -0.25) is 0 Å². The smallest absolute Gasteiger partial charge is 0.449 e. The molecule has 1 heterocycles. The molecule has 1 aliphatic rings. The summed E-state index contributed by atoms with van der Waals surface area (Å²) >= 11 is 0.555. The van der Waals surface area contributed by atoms with E-state index in [0.29, 0.717) is 22.2 Å². The lowest BCUT2D eigenvalue weighted by molar-refractivity contribution is -0.127. The molecular weight excluding hydrogens is 293 g/mol. The molecule has 1 aromatic carbocycles. The van der Waals surface area contributed by atoms with E-state index in [0.717, 1.165) is 17.2 Å². The highest BCUT2D eigenvalue weighted by molar-refractivity contribution is 8.00. The molecule has 1 aliphatic heterocycles. The summed E-state index contributed by atoms with van der Waals surface area (Å²) in [4.78, 5) is 11.0. The fourth-order valence-electron chi connectivity index (χ4n) is 1.85. The largest absolute Gasteiger partial charge is 0.511 e. The minimum Gasteiger partial charge on any atom is -0.449 e. The number of benzene rings is 1. The lowest BCUT2D eigenvalue weighted by atomic mass is 10.0. The van der Waals surface area contributed by atoms with Gasteiger partial charge in [0.1, 0.15) is 5.76 Å². The third-order valence-corrected chi connectivity index (χ3v) is 4.27. The Labute approximate surface area is 117 Å². The van der Waals surface area contributed by atoms with Crippen molar-refractivity contribution in [3.8, 4) is 0 Å². The maximum atomic E-state index is 13.0. The van der Waals surface area contributed by atoms with Gasteiger partial charge in [0.2, 0.25) is 0 Å². The first kappa shape index (κ1) is 14.8. The van der Waals surface area contributed by atoms with Crippen LogP contribution in [0.4, 0.5) is 18.0 Å². The highest BCUT2D eigenvalue weighted by Crippen LogP contribution is 2.45. The summed E-state index contributed by atoms with van der Waals surface area (Å²) in [5.74, 6) is -0.606. The molecule has 0 radical (unpaired) electrons. The number of rotatable bonds is 1. The Morgan fingerprint density at radius 2 is 1.90 bits per heavy atom. The Kier molecular flexibility index (Phi) is 3.73. The summed E-state index contributed by atoms with van der Waals surface area (Å²) in [7, 11) is 0. The molecule has 1 atom stereocenters. The summed E-state index contributed by atoms with van der Waals surface area (Å²) in [5.41, 5.74) is 2.34. The molecule has 20 heavy (non-hydrogen) atoms. The standard InChI is InChI=1S/C13H11F3O3S/c1-6-3-8-5-9(19-12(17)18)11(13(14,15)16)20-10(8)4-7(6)2/h3-5,11H,1-2H3,(H,17,18). The van der Waals surface area contributed by atoms with Crippen LogP contribution in [0.5, 0.6) is 0 Å². The summed E-state index contributed by atoms with van der Waals surface area (Å²) in [6, 6.07) is 3.39. The molecule has 0 aromatic heterocycles. The van der Waals surface area contributed by atoms with Gasteiger partial charge in [-0.1, -0.05) is 6.07 Å². The number of fused-ring (bicyclic) bond motifs is 1. The second-order valence-corrected chi connectivity index (χ2v) is 5.58. The van der Waals surface area contributed by atoms with E-state index in [4.69, 9.17) is 5.11 Å². The van der Waals surface area contributed by atoms with Crippen LogP contribution in [0, 0.1) is 13.8 Å². The van der Waals surface area contributed by atoms with E-state index >= 15 is 0 Å². The highest BCUT2D eigenvalue weighted by Gasteiger charge is 2.46. The Morgan fingerprint density at radius 3 is 2.45 bits per heavy atom. The first-order valence-electron chi connectivity index (χ1n) is 5.65. The van der Waals surface area contributed by atoms with Gasteiger partial charge in [0.25, 0.3) is 0 Å². The number of carbonyl (C=O) groups is 1. The predicted molar refractivity (Wildman–Crippen MR) is 68.7 cm³/mol. The van der Waals surface area contributed by atoms with Crippen molar-refractivity contribution in [3.05, 3.63) is 34.6 Å². The quantitative estimate of drug-likeness (QED) is 0.782. The molecule has 0 spiro atoms. The third-order valence-electron chi connectivity index (χ3n) is 2.93. The van der Waals surface area contributed by atoms with E-state index in [-0.39, 0.29) is 0 Å². The number of aryl methyl sites for hydroxylation is 2. The van der Waals surface area contributed by atoms with E-state index in [9.17, 15) is 18.0 Å². The number of halogens is 3. The number of hydrogen-bond donors (Lipinski definition) is 1. The molecule has 1 unspecified atom stereocenters. The SMILES string of the molecule is Cc1cc2c(cc1C)SC(C(F)(F)F)C(OC(=O)O)=C2. The maximum absolute atomic E-state index is 13.0. The van der Waals surface area contributed by atoms with Gasteiger partial charge >= 0.3 is 12.3 Å². The van der Waals surface area contributed by atoms with Gasteiger partial charge in [-0.2, -0.15) is 13.2 Å². The van der Waals surface area contributed by atoms with Gasteiger partial charge in [-0.15, -0.1) is 11.8 Å². The van der Waals surface area contributed by atoms with Crippen molar-refractivity contribution in [2.24, 2.45) is 0 Å². The second kappa shape index (κ2) is 5.05. The van der Waals surface area contributed by atoms with E-state index in [1.54, 1.807) is 12.1 Å². The highest BCUT2D eigenvalue weighted by atomic mass is 32.2. The van der Waals surface area contributed by atoms with Crippen LogP contribution in [0.1, 0.15) is 16.7 Å². The number of hydrogen-bond acceptors (Lipinski definition) is 3. The average Bonchev–Trinajstić information content (AvgIpc) is 2.28. The van der Waals surface area contributed by atoms with E-state index in [2.05, 4.69) is 4.74 Å².